The summed E-state index contributed by atoms with van der Waals surface area (Å²) in [7, 11) is 2.18. The second-order valence-electron chi connectivity index (χ2n) is 5.90. The Morgan fingerprint density at radius 2 is 2.18 bits per heavy atom. The summed E-state index contributed by atoms with van der Waals surface area (Å²) in [5.41, 5.74) is 1.17. The molecule has 0 bridgehead atoms. The van der Waals surface area contributed by atoms with Crippen LogP contribution in [0.25, 0.3) is 0 Å². The third-order valence-electron chi connectivity index (χ3n) is 3.99. The zero-order chi connectivity index (χ0) is 15.8. The van der Waals surface area contributed by atoms with Crippen molar-refractivity contribution in [2.75, 3.05) is 39.8 Å². The number of benzene rings is 1. The maximum Gasteiger partial charge on any atom is 0.191 e. The van der Waals surface area contributed by atoms with Crippen molar-refractivity contribution in [2.24, 2.45) is 10.9 Å². The van der Waals surface area contributed by atoms with Crippen LogP contribution in [0.1, 0.15) is 18.9 Å². The summed E-state index contributed by atoms with van der Waals surface area (Å²) >= 11 is 6.18. The highest BCUT2D eigenvalue weighted by Crippen LogP contribution is 2.15. The molecule has 1 aliphatic rings. The summed E-state index contributed by atoms with van der Waals surface area (Å²) in [5.74, 6) is 1.59. The van der Waals surface area contributed by atoms with E-state index in [4.69, 9.17) is 16.6 Å². The van der Waals surface area contributed by atoms with Gasteiger partial charge in [-0.25, -0.2) is 0 Å². The molecular formula is C17H27ClN4. The fraction of sp³-hybridized carbons (Fsp3) is 0.588. The SMILES string of the molecule is CCNC(=NCC1CCN(C)C1)NCCc1ccccc1Cl. The number of halogens is 1. The summed E-state index contributed by atoms with van der Waals surface area (Å²) in [6, 6.07) is 8.00. The van der Waals surface area contributed by atoms with E-state index in [0.29, 0.717) is 5.92 Å². The third-order valence-corrected chi connectivity index (χ3v) is 4.35. The monoisotopic (exact) mass is 322 g/mol. The van der Waals surface area contributed by atoms with Gasteiger partial charge in [-0.1, -0.05) is 29.8 Å². The molecular weight excluding hydrogens is 296 g/mol. The Bertz CT molecular complexity index is 489. The highest BCUT2D eigenvalue weighted by molar-refractivity contribution is 6.31. The van der Waals surface area contributed by atoms with Gasteiger partial charge in [0.2, 0.25) is 0 Å². The summed E-state index contributed by atoms with van der Waals surface area (Å²) in [6.07, 6.45) is 2.15. The average molecular weight is 323 g/mol. The van der Waals surface area contributed by atoms with E-state index in [-0.39, 0.29) is 0 Å². The number of rotatable bonds is 6. The quantitative estimate of drug-likeness (QED) is 0.624. The predicted octanol–water partition coefficient (Wildman–Crippen LogP) is 2.39. The first-order valence-corrected chi connectivity index (χ1v) is 8.51. The van der Waals surface area contributed by atoms with Crippen molar-refractivity contribution >= 4 is 17.6 Å². The van der Waals surface area contributed by atoms with E-state index in [9.17, 15) is 0 Å². The predicted molar refractivity (Wildman–Crippen MR) is 94.7 cm³/mol. The van der Waals surface area contributed by atoms with Crippen LogP contribution in [0.15, 0.2) is 29.3 Å². The van der Waals surface area contributed by atoms with Crippen molar-refractivity contribution in [3.8, 4) is 0 Å². The van der Waals surface area contributed by atoms with Crippen LogP contribution in [0.3, 0.4) is 0 Å². The van der Waals surface area contributed by atoms with Crippen LogP contribution < -0.4 is 10.6 Å². The van der Waals surface area contributed by atoms with Gasteiger partial charge < -0.3 is 15.5 Å². The number of guanidine groups is 1. The molecule has 1 saturated heterocycles. The van der Waals surface area contributed by atoms with Gasteiger partial charge >= 0.3 is 0 Å². The maximum absolute atomic E-state index is 6.18. The van der Waals surface area contributed by atoms with Crippen LogP contribution in [0.5, 0.6) is 0 Å². The molecule has 1 heterocycles. The van der Waals surface area contributed by atoms with Gasteiger partial charge in [0.05, 0.1) is 0 Å². The lowest BCUT2D eigenvalue weighted by Crippen LogP contribution is -2.38. The normalized spacial score (nSPS) is 19.4. The Labute approximate surface area is 138 Å². The molecule has 0 saturated carbocycles. The molecule has 0 aromatic heterocycles. The summed E-state index contributed by atoms with van der Waals surface area (Å²) < 4.78 is 0. The molecule has 1 atom stereocenters. The number of hydrogen-bond donors (Lipinski definition) is 2. The molecule has 2 rings (SSSR count). The van der Waals surface area contributed by atoms with Crippen molar-refractivity contribution in [3.63, 3.8) is 0 Å². The van der Waals surface area contributed by atoms with E-state index in [0.717, 1.165) is 43.6 Å². The smallest absolute Gasteiger partial charge is 0.191 e. The fourth-order valence-corrected chi connectivity index (χ4v) is 2.98. The van der Waals surface area contributed by atoms with Crippen molar-refractivity contribution in [1.82, 2.24) is 15.5 Å². The van der Waals surface area contributed by atoms with E-state index < -0.39 is 0 Å². The highest BCUT2D eigenvalue weighted by atomic mass is 35.5. The Morgan fingerprint density at radius 3 is 2.86 bits per heavy atom. The number of likely N-dealkylation sites (tertiary alicyclic amines) is 1. The summed E-state index contributed by atoms with van der Waals surface area (Å²) in [5, 5.41) is 7.54. The number of aliphatic imine (C=N–C) groups is 1. The van der Waals surface area contributed by atoms with Crippen LogP contribution in [0.2, 0.25) is 5.02 Å². The lowest BCUT2D eigenvalue weighted by Gasteiger charge is -2.13. The molecule has 1 fully saturated rings. The Kier molecular flexibility index (Phi) is 7.00. The van der Waals surface area contributed by atoms with Crippen molar-refractivity contribution in [3.05, 3.63) is 34.9 Å². The summed E-state index contributed by atoms with van der Waals surface area (Å²) in [6.45, 7) is 7.04. The lowest BCUT2D eigenvalue weighted by atomic mass is 10.1. The minimum Gasteiger partial charge on any atom is -0.357 e. The first-order chi connectivity index (χ1) is 10.7. The molecule has 22 heavy (non-hydrogen) atoms. The second kappa shape index (κ2) is 9.01. The van der Waals surface area contributed by atoms with Gasteiger partial charge in [-0.3, -0.25) is 4.99 Å². The molecule has 4 nitrogen and oxygen atoms in total. The maximum atomic E-state index is 6.18. The van der Waals surface area contributed by atoms with E-state index in [1.54, 1.807) is 0 Å². The highest BCUT2D eigenvalue weighted by Gasteiger charge is 2.18. The van der Waals surface area contributed by atoms with Gasteiger partial charge in [0.15, 0.2) is 5.96 Å². The van der Waals surface area contributed by atoms with Crippen LogP contribution >= 0.6 is 11.6 Å². The molecule has 1 aromatic rings. The standard InChI is InChI=1S/C17H27ClN4/c1-3-19-17(21-12-14-9-11-22(2)13-14)20-10-8-15-6-4-5-7-16(15)18/h4-7,14H,3,8-13H2,1-2H3,(H2,19,20,21). The molecule has 2 N–H and O–H groups in total. The second-order valence-corrected chi connectivity index (χ2v) is 6.31. The van der Waals surface area contributed by atoms with Crippen LogP contribution in [-0.2, 0) is 6.42 Å². The lowest BCUT2D eigenvalue weighted by molar-refractivity contribution is 0.397. The Hall–Kier alpha value is -1.26. The molecule has 1 unspecified atom stereocenters. The first-order valence-electron chi connectivity index (χ1n) is 8.13. The Morgan fingerprint density at radius 1 is 1.36 bits per heavy atom. The number of nitrogens with zero attached hydrogens (tertiary/aromatic N) is 2. The zero-order valence-electron chi connectivity index (χ0n) is 13.6. The summed E-state index contributed by atoms with van der Waals surface area (Å²) in [4.78, 5) is 7.09. The molecule has 1 aliphatic heterocycles. The van der Waals surface area contributed by atoms with Crippen LogP contribution in [-0.4, -0.2) is 50.6 Å². The van der Waals surface area contributed by atoms with Crippen LogP contribution in [0, 0.1) is 5.92 Å². The van der Waals surface area contributed by atoms with Crippen molar-refractivity contribution in [2.45, 2.75) is 19.8 Å². The van der Waals surface area contributed by atoms with E-state index in [1.807, 2.05) is 18.2 Å². The molecule has 5 heteroatoms. The number of hydrogen-bond acceptors (Lipinski definition) is 2. The molecule has 1 aromatic carbocycles. The largest absolute Gasteiger partial charge is 0.357 e. The van der Waals surface area contributed by atoms with E-state index in [2.05, 4.69) is 35.6 Å². The zero-order valence-corrected chi connectivity index (χ0v) is 14.4. The van der Waals surface area contributed by atoms with Gasteiger partial charge in [0.1, 0.15) is 0 Å². The van der Waals surface area contributed by atoms with Crippen LogP contribution in [0.4, 0.5) is 0 Å². The topological polar surface area (TPSA) is 39.7 Å². The average Bonchev–Trinajstić information content (AvgIpc) is 2.92. The van der Waals surface area contributed by atoms with E-state index >= 15 is 0 Å². The van der Waals surface area contributed by atoms with Gasteiger partial charge in [-0.2, -0.15) is 0 Å². The van der Waals surface area contributed by atoms with Gasteiger partial charge in [0.25, 0.3) is 0 Å². The van der Waals surface area contributed by atoms with Crippen molar-refractivity contribution < 1.29 is 0 Å². The van der Waals surface area contributed by atoms with Gasteiger partial charge in [-0.05, 0) is 50.9 Å². The molecule has 0 radical (unpaired) electrons. The molecule has 0 aliphatic carbocycles. The molecule has 0 spiro atoms. The minimum absolute atomic E-state index is 0.684. The van der Waals surface area contributed by atoms with Crippen molar-refractivity contribution in [1.29, 1.82) is 0 Å². The Balaban J connectivity index is 1.79. The fourth-order valence-electron chi connectivity index (χ4n) is 2.75. The number of nitrogens with one attached hydrogen (secondary N) is 2. The van der Waals surface area contributed by atoms with E-state index in [1.165, 1.54) is 18.5 Å². The van der Waals surface area contributed by atoms with Gasteiger partial charge in [-0.15, -0.1) is 0 Å². The molecule has 0 amide bonds. The first kappa shape index (κ1) is 17.1. The third kappa shape index (κ3) is 5.50. The minimum atomic E-state index is 0.684. The molecule has 122 valence electrons. The van der Waals surface area contributed by atoms with Gasteiger partial charge in [0, 0.05) is 31.2 Å².